The Bertz CT molecular complexity index is 968. The summed E-state index contributed by atoms with van der Waals surface area (Å²) in [4.78, 5) is 47.6. The molecule has 0 aliphatic rings. The molecule has 0 amide bonds. The minimum atomic E-state index is -1.00. The lowest BCUT2D eigenvalue weighted by Crippen LogP contribution is -2.31. The number of nitrogens with two attached hydrogens (primary N) is 1. The molecule has 0 rings (SSSR count). The molecular formula is C54H105NO8S. The quantitative estimate of drug-likeness (QED) is 0.0235. The van der Waals surface area contributed by atoms with Gasteiger partial charge >= 0.3 is 23.9 Å². The predicted molar refractivity (Wildman–Crippen MR) is 272 cm³/mol. The molecule has 0 saturated heterocycles. The van der Waals surface area contributed by atoms with Crippen LogP contribution in [0.1, 0.15) is 290 Å². The number of thiol groups is 1. The summed E-state index contributed by atoms with van der Waals surface area (Å²) in [7, 11) is 0. The molecule has 0 aromatic rings. The lowest BCUT2D eigenvalue weighted by molar-refractivity contribution is -0.167. The molecule has 0 spiro atoms. The van der Waals surface area contributed by atoms with Crippen molar-refractivity contribution in [2.45, 2.75) is 303 Å². The zero-order chi connectivity index (χ0) is 47.4. The van der Waals surface area contributed by atoms with E-state index in [1.54, 1.807) is 0 Å². The highest BCUT2D eigenvalue weighted by atomic mass is 32.1. The molecule has 3 N–H and O–H groups in total. The number of unbranched alkanes of at least 4 members (excludes halogenated alkanes) is 36. The molecule has 1 unspecified atom stereocenters. The smallest absolute Gasteiger partial charge is 0.321 e. The number of carboxylic acid groups (broad SMARTS) is 1. The van der Waals surface area contributed by atoms with Gasteiger partial charge in [0.15, 0.2) is 6.10 Å². The topological polar surface area (TPSA) is 142 Å². The molecule has 0 saturated carbocycles. The summed E-state index contributed by atoms with van der Waals surface area (Å²) in [5.41, 5.74) is 4.94. The fourth-order valence-corrected chi connectivity index (χ4v) is 7.97. The monoisotopic (exact) mass is 928 g/mol. The van der Waals surface area contributed by atoms with E-state index < -0.39 is 18.1 Å². The van der Waals surface area contributed by atoms with Crippen LogP contribution in [0.15, 0.2) is 0 Å². The molecule has 1 atom stereocenters. The summed E-state index contributed by atoms with van der Waals surface area (Å²) < 4.78 is 16.8. The van der Waals surface area contributed by atoms with Crippen molar-refractivity contribution in [1.29, 1.82) is 0 Å². The van der Waals surface area contributed by atoms with Crippen LogP contribution < -0.4 is 5.73 Å². The van der Waals surface area contributed by atoms with E-state index in [1.807, 2.05) is 0 Å². The molecule has 0 aromatic heterocycles. The van der Waals surface area contributed by atoms with Gasteiger partial charge in [0.2, 0.25) is 0 Å². The summed E-state index contributed by atoms with van der Waals surface area (Å²) in [5.74, 6) is -1.66. The Balaban J connectivity index is 0. The zero-order valence-corrected chi connectivity index (χ0v) is 43.2. The van der Waals surface area contributed by atoms with E-state index in [-0.39, 0.29) is 36.9 Å². The minimum absolute atomic E-state index is 0.0619. The van der Waals surface area contributed by atoms with Crippen LogP contribution in [0.25, 0.3) is 0 Å². The second kappa shape index (κ2) is 53.8. The van der Waals surface area contributed by atoms with Crippen LogP contribution in [0.2, 0.25) is 0 Å². The number of esters is 3. The van der Waals surface area contributed by atoms with Gasteiger partial charge in [-0.2, -0.15) is 12.6 Å². The van der Waals surface area contributed by atoms with Gasteiger partial charge in [0.1, 0.15) is 19.3 Å². The number of carbonyl (C=O) groups is 4. The molecule has 10 heteroatoms. The van der Waals surface area contributed by atoms with Gasteiger partial charge in [0.25, 0.3) is 0 Å². The van der Waals surface area contributed by atoms with Crippen molar-refractivity contribution in [2.24, 2.45) is 5.73 Å². The van der Waals surface area contributed by atoms with Crippen LogP contribution in [0.3, 0.4) is 0 Å². The summed E-state index contributed by atoms with van der Waals surface area (Å²) in [6.45, 7) is 6.67. The Hall–Kier alpha value is -1.81. The van der Waals surface area contributed by atoms with Crippen LogP contribution in [0.5, 0.6) is 0 Å². The van der Waals surface area contributed by atoms with Gasteiger partial charge in [-0.3, -0.25) is 19.2 Å². The summed E-state index contributed by atoms with van der Waals surface area (Å²) in [6.07, 6.45) is 49.3. The second-order valence-corrected chi connectivity index (χ2v) is 18.9. The Kier molecular flexibility index (Phi) is 54.0. The fourth-order valence-electron chi connectivity index (χ4n) is 7.82. The van der Waals surface area contributed by atoms with Gasteiger partial charge in [-0.1, -0.05) is 252 Å². The molecule has 380 valence electrons. The SMILES string of the molecule is CCCCCCCCCCCCCCCC(=O)OCC(COC(=O)CCCCCCCCCCCCCCC)OC(=O)CCCCCCCCCCCCCCC.NC(CS)C(=O)O. The number of ether oxygens (including phenoxy) is 3. The van der Waals surface area contributed by atoms with E-state index in [4.69, 9.17) is 25.1 Å². The molecule has 0 aliphatic heterocycles. The first kappa shape index (κ1) is 64.3. The first-order valence-corrected chi connectivity index (χ1v) is 27.9. The Labute approximate surface area is 400 Å². The highest BCUT2D eigenvalue weighted by Crippen LogP contribution is 2.17. The number of aliphatic carboxylic acids is 1. The Morgan fingerprint density at radius 3 is 0.812 bits per heavy atom. The lowest BCUT2D eigenvalue weighted by Gasteiger charge is -2.18. The predicted octanol–water partition coefficient (Wildman–Crippen LogP) is 15.8. The maximum Gasteiger partial charge on any atom is 0.321 e. The van der Waals surface area contributed by atoms with Crippen LogP contribution in [-0.4, -0.2) is 60.1 Å². The third kappa shape index (κ3) is 52.8. The van der Waals surface area contributed by atoms with Crippen molar-refractivity contribution in [2.75, 3.05) is 19.0 Å². The van der Waals surface area contributed by atoms with Crippen LogP contribution in [0.4, 0.5) is 0 Å². The van der Waals surface area contributed by atoms with Gasteiger partial charge in [-0.05, 0) is 19.3 Å². The fraction of sp³-hybridized carbons (Fsp3) is 0.926. The molecule has 0 aromatic carbocycles. The third-order valence-electron chi connectivity index (χ3n) is 12.1. The molecule has 0 aliphatic carbocycles. The number of carboxylic acids is 1. The first-order chi connectivity index (χ1) is 31.2. The van der Waals surface area contributed by atoms with Gasteiger partial charge in [0.05, 0.1) is 0 Å². The first-order valence-electron chi connectivity index (χ1n) is 27.3. The van der Waals surface area contributed by atoms with Crippen molar-refractivity contribution in [3.05, 3.63) is 0 Å². The highest BCUT2D eigenvalue weighted by Gasteiger charge is 2.19. The van der Waals surface area contributed by atoms with Crippen LogP contribution >= 0.6 is 12.6 Å². The summed E-state index contributed by atoms with van der Waals surface area (Å²) >= 11 is 3.65. The normalized spacial score (nSPS) is 11.6. The highest BCUT2D eigenvalue weighted by molar-refractivity contribution is 7.80. The minimum Gasteiger partial charge on any atom is -0.480 e. The van der Waals surface area contributed by atoms with Gasteiger partial charge < -0.3 is 25.1 Å². The molecule has 0 heterocycles. The van der Waals surface area contributed by atoms with Crippen LogP contribution in [0, 0.1) is 0 Å². The Morgan fingerprint density at radius 1 is 0.391 bits per heavy atom. The summed E-state index contributed by atoms with van der Waals surface area (Å²) in [5, 5.41) is 8.01. The third-order valence-corrected chi connectivity index (χ3v) is 12.5. The van der Waals surface area contributed by atoms with Crippen molar-refractivity contribution in [3.63, 3.8) is 0 Å². The Morgan fingerprint density at radius 2 is 0.609 bits per heavy atom. The van der Waals surface area contributed by atoms with Crippen molar-refractivity contribution >= 4 is 36.5 Å². The maximum atomic E-state index is 12.8. The van der Waals surface area contributed by atoms with E-state index in [2.05, 4.69) is 33.4 Å². The van der Waals surface area contributed by atoms with Gasteiger partial charge in [-0.15, -0.1) is 0 Å². The van der Waals surface area contributed by atoms with E-state index in [0.29, 0.717) is 19.3 Å². The number of hydrogen-bond donors (Lipinski definition) is 3. The molecule has 9 nitrogen and oxygen atoms in total. The van der Waals surface area contributed by atoms with E-state index in [9.17, 15) is 19.2 Å². The summed E-state index contributed by atoms with van der Waals surface area (Å²) in [6, 6.07) is -0.816. The largest absolute Gasteiger partial charge is 0.480 e. The van der Waals surface area contributed by atoms with Crippen molar-refractivity contribution < 1.29 is 38.5 Å². The zero-order valence-electron chi connectivity index (χ0n) is 42.3. The van der Waals surface area contributed by atoms with Crippen molar-refractivity contribution in [1.82, 2.24) is 0 Å². The standard InChI is InChI=1S/C51H98O6.C3H7NO2S/c1-4-7-10-13-16-19-22-25-28-31-34-37-40-43-49(52)55-46-48(57-51(54)45-42-39-36-33-30-27-24-21-18-15-12-9-6-3)47-56-50(53)44-41-38-35-32-29-26-23-20-17-14-11-8-5-2;4-2(1-7)3(5)6/h48H,4-47H2,1-3H3;2,7H,1,4H2,(H,5,6). The number of carbonyl (C=O) groups excluding carboxylic acids is 3. The average Bonchev–Trinajstić information content (AvgIpc) is 3.29. The van der Waals surface area contributed by atoms with Crippen molar-refractivity contribution in [3.8, 4) is 0 Å². The van der Waals surface area contributed by atoms with Gasteiger partial charge in [0, 0.05) is 25.0 Å². The van der Waals surface area contributed by atoms with E-state index in [0.717, 1.165) is 57.8 Å². The molecule has 0 fully saturated rings. The second-order valence-electron chi connectivity index (χ2n) is 18.6. The number of rotatable bonds is 49. The van der Waals surface area contributed by atoms with Crippen LogP contribution in [-0.2, 0) is 33.4 Å². The van der Waals surface area contributed by atoms with Gasteiger partial charge in [-0.25, -0.2) is 0 Å². The number of hydrogen-bond acceptors (Lipinski definition) is 9. The average molecular weight is 928 g/mol. The maximum absolute atomic E-state index is 12.8. The lowest BCUT2D eigenvalue weighted by atomic mass is 10.0. The molecule has 0 radical (unpaired) electrons. The van der Waals surface area contributed by atoms with E-state index >= 15 is 0 Å². The van der Waals surface area contributed by atoms with E-state index in [1.165, 1.54) is 193 Å². The molecular weight excluding hydrogens is 823 g/mol. The molecule has 64 heavy (non-hydrogen) atoms. The molecule has 0 bridgehead atoms.